The van der Waals surface area contributed by atoms with Crippen molar-refractivity contribution in [3.8, 4) is 5.75 Å². The Morgan fingerprint density at radius 2 is 1.52 bits per heavy atom. The van der Waals surface area contributed by atoms with Gasteiger partial charge in [-0.3, -0.25) is 0 Å². The zero-order valence-corrected chi connectivity index (χ0v) is 14.4. The molecule has 128 valence electrons. The van der Waals surface area contributed by atoms with Gasteiger partial charge in [0.25, 0.3) is 0 Å². The minimum atomic E-state index is -4.44. The Kier molecular flexibility index (Phi) is 3.77. The molecule has 0 aliphatic heterocycles. The van der Waals surface area contributed by atoms with Crippen LogP contribution in [0.1, 0.15) is 5.56 Å². The molecule has 0 aliphatic carbocycles. The number of hydrogen-bond donors (Lipinski definition) is 1. The number of anilines is 2. The number of para-hydroxylation sites is 2. The number of ether oxygens (including phenoxy) is 1. The molecule has 9 heteroatoms. The lowest BCUT2D eigenvalue weighted by molar-refractivity contribution is -0.136. The van der Waals surface area contributed by atoms with E-state index in [0.29, 0.717) is 26.2 Å². The third-order valence-electron chi connectivity index (χ3n) is 3.54. The molecule has 0 saturated carbocycles. The summed E-state index contributed by atoms with van der Waals surface area (Å²) in [6, 6.07) is 9.61. The molecule has 0 aliphatic rings. The number of fused-ring (bicyclic) bond motifs is 2. The molecule has 0 saturated heterocycles. The van der Waals surface area contributed by atoms with Crippen LogP contribution in [0.3, 0.4) is 0 Å². The fraction of sp³-hybridized carbons (Fsp3) is 0.125. The van der Waals surface area contributed by atoms with Gasteiger partial charge < -0.3 is 10.1 Å². The highest BCUT2D eigenvalue weighted by atomic mass is 32.1. The number of nitrogens with zero attached hydrogens (tertiary/aromatic N) is 2. The first-order chi connectivity index (χ1) is 12.0. The van der Waals surface area contributed by atoms with Crippen molar-refractivity contribution in [2.24, 2.45) is 0 Å². The van der Waals surface area contributed by atoms with Crippen molar-refractivity contribution >= 4 is 53.4 Å². The predicted octanol–water partition coefficient (Wildman–Crippen LogP) is 5.68. The van der Waals surface area contributed by atoms with E-state index in [4.69, 9.17) is 4.74 Å². The Morgan fingerprint density at radius 1 is 0.920 bits per heavy atom. The van der Waals surface area contributed by atoms with E-state index >= 15 is 0 Å². The van der Waals surface area contributed by atoms with Gasteiger partial charge in [-0.2, -0.15) is 13.2 Å². The number of halogens is 3. The zero-order valence-electron chi connectivity index (χ0n) is 12.7. The second-order valence-electron chi connectivity index (χ2n) is 5.12. The molecule has 0 amide bonds. The Morgan fingerprint density at radius 3 is 2.16 bits per heavy atom. The fourth-order valence-corrected chi connectivity index (χ4v) is 4.30. The number of alkyl halides is 3. The Hall–Kier alpha value is -2.39. The number of methoxy groups -OCH3 is 1. The highest BCUT2D eigenvalue weighted by molar-refractivity contribution is 7.24. The van der Waals surface area contributed by atoms with Gasteiger partial charge in [0.15, 0.2) is 10.3 Å². The van der Waals surface area contributed by atoms with Crippen molar-refractivity contribution in [3.05, 3.63) is 42.0 Å². The summed E-state index contributed by atoms with van der Waals surface area (Å²) >= 11 is 2.54. The van der Waals surface area contributed by atoms with Crippen molar-refractivity contribution in [2.45, 2.75) is 6.18 Å². The van der Waals surface area contributed by atoms with Gasteiger partial charge in [0.2, 0.25) is 0 Å². The van der Waals surface area contributed by atoms with Crippen LogP contribution in [0.2, 0.25) is 0 Å². The Bertz CT molecular complexity index is 1070. The number of thiazole rings is 2. The lowest BCUT2D eigenvalue weighted by Gasteiger charge is -2.05. The largest absolute Gasteiger partial charge is 0.494 e. The van der Waals surface area contributed by atoms with E-state index in [1.807, 2.05) is 12.1 Å². The van der Waals surface area contributed by atoms with Crippen molar-refractivity contribution in [1.29, 1.82) is 0 Å². The minimum absolute atomic E-state index is 0.0545. The van der Waals surface area contributed by atoms with Gasteiger partial charge in [-0.05, 0) is 24.3 Å². The van der Waals surface area contributed by atoms with Gasteiger partial charge in [0.05, 0.1) is 27.6 Å². The first-order valence-electron chi connectivity index (χ1n) is 7.13. The van der Waals surface area contributed by atoms with Crippen LogP contribution in [0, 0.1) is 0 Å². The van der Waals surface area contributed by atoms with Crippen molar-refractivity contribution in [1.82, 2.24) is 9.97 Å². The maximum Gasteiger partial charge on any atom is 0.418 e. The van der Waals surface area contributed by atoms with Crippen LogP contribution in [0.25, 0.3) is 20.4 Å². The number of hydrogen-bond acceptors (Lipinski definition) is 6. The van der Waals surface area contributed by atoms with E-state index in [1.165, 1.54) is 17.4 Å². The molecule has 0 atom stereocenters. The smallest absolute Gasteiger partial charge is 0.418 e. The normalized spacial score (nSPS) is 12.0. The average Bonchev–Trinajstić information content (AvgIpc) is 3.15. The fourth-order valence-electron chi connectivity index (χ4n) is 2.46. The molecule has 4 nitrogen and oxygen atoms in total. The van der Waals surface area contributed by atoms with E-state index in [-0.39, 0.29) is 5.52 Å². The zero-order chi connectivity index (χ0) is 17.6. The van der Waals surface area contributed by atoms with E-state index in [9.17, 15) is 13.2 Å². The van der Waals surface area contributed by atoms with Crippen LogP contribution >= 0.6 is 22.7 Å². The Balaban J connectivity index is 1.74. The molecule has 25 heavy (non-hydrogen) atoms. The summed E-state index contributed by atoms with van der Waals surface area (Å²) < 4.78 is 45.9. The quantitative estimate of drug-likeness (QED) is 0.496. The lowest BCUT2D eigenvalue weighted by atomic mass is 10.2. The predicted molar refractivity (Wildman–Crippen MR) is 94.1 cm³/mol. The summed E-state index contributed by atoms with van der Waals surface area (Å²) in [6.07, 6.45) is -4.44. The van der Waals surface area contributed by atoms with Crippen molar-refractivity contribution in [3.63, 3.8) is 0 Å². The molecular formula is C16H10F3N3OS2. The highest BCUT2D eigenvalue weighted by Gasteiger charge is 2.33. The van der Waals surface area contributed by atoms with Gasteiger partial charge in [-0.15, -0.1) is 0 Å². The van der Waals surface area contributed by atoms with Crippen molar-refractivity contribution in [2.75, 3.05) is 12.4 Å². The summed E-state index contributed by atoms with van der Waals surface area (Å²) in [7, 11) is 1.56. The molecule has 0 bridgehead atoms. The molecule has 2 heterocycles. The summed E-state index contributed by atoms with van der Waals surface area (Å²) in [5, 5.41) is 3.92. The first-order valence-corrected chi connectivity index (χ1v) is 8.76. The van der Waals surface area contributed by atoms with E-state index < -0.39 is 11.7 Å². The van der Waals surface area contributed by atoms with Crippen molar-refractivity contribution < 1.29 is 17.9 Å². The lowest BCUT2D eigenvalue weighted by Crippen LogP contribution is -2.05. The number of benzene rings is 2. The van der Waals surface area contributed by atoms with Gasteiger partial charge >= 0.3 is 6.18 Å². The maximum absolute atomic E-state index is 13.1. The molecular weight excluding hydrogens is 371 g/mol. The molecule has 1 N–H and O–H groups in total. The maximum atomic E-state index is 13.1. The topological polar surface area (TPSA) is 47.0 Å². The average molecular weight is 381 g/mol. The van der Waals surface area contributed by atoms with Gasteiger partial charge in [0, 0.05) is 0 Å². The molecule has 0 unspecified atom stereocenters. The van der Waals surface area contributed by atoms with Gasteiger partial charge in [-0.25, -0.2) is 9.97 Å². The van der Waals surface area contributed by atoms with Gasteiger partial charge in [0.1, 0.15) is 11.3 Å². The summed E-state index contributed by atoms with van der Waals surface area (Å²) in [4.78, 5) is 8.56. The minimum Gasteiger partial charge on any atom is -0.494 e. The number of aromatic nitrogens is 2. The highest BCUT2D eigenvalue weighted by Crippen LogP contribution is 2.39. The molecule has 0 radical (unpaired) electrons. The second-order valence-corrected chi connectivity index (χ2v) is 7.18. The summed E-state index contributed by atoms with van der Waals surface area (Å²) in [5.41, 5.74) is -0.0870. The van der Waals surface area contributed by atoms with Crippen LogP contribution in [-0.2, 0) is 6.18 Å². The number of nitrogens with one attached hydrogen (secondary N) is 1. The van der Waals surface area contributed by atoms with E-state index in [2.05, 4.69) is 15.3 Å². The molecule has 2 aromatic heterocycles. The standard InChI is InChI=1S/C16H10F3N3OS2/c1-23-9-5-3-7-11-13(9)21-15(25-11)22-14-20-12-8(16(17,18)19)4-2-6-10(12)24-14/h2-7H,1H3,(H,20,21,22). The molecule has 4 rings (SSSR count). The van der Waals surface area contributed by atoms with E-state index in [0.717, 1.165) is 22.1 Å². The van der Waals surface area contributed by atoms with Crippen LogP contribution in [0.4, 0.5) is 23.4 Å². The molecule has 4 aromatic rings. The van der Waals surface area contributed by atoms with Crippen LogP contribution in [-0.4, -0.2) is 17.1 Å². The third kappa shape index (κ3) is 2.89. The number of rotatable bonds is 3. The van der Waals surface area contributed by atoms with Crippen LogP contribution in [0.5, 0.6) is 5.75 Å². The van der Waals surface area contributed by atoms with Crippen LogP contribution < -0.4 is 10.1 Å². The summed E-state index contributed by atoms with van der Waals surface area (Å²) in [5.74, 6) is 0.644. The van der Waals surface area contributed by atoms with Crippen LogP contribution in [0.15, 0.2) is 36.4 Å². The van der Waals surface area contributed by atoms with E-state index in [1.54, 1.807) is 19.2 Å². The molecule has 2 aromatic carbocycles. The monoisotopic (exact) mass is 381 g/mol. The Labute approximate surface area is 147 Å². The first kappa shape index (κ1) is 16.1. The molecule has 0 spiro atoms. The SMILES string of the molecule is COc1cccc2sc(Nc3nc4c(C(F)(F)F)cccc4s3)nc12. The summed E-state index contributed by atoms with van der Waals surface area (Å²) in [6.45, 7) is 0. The molecule has 0 fully saturated rings. The third-order valence-corrected chi connectivity index (χ3v) is 5.41. The van der Waals surface area contributed by atoms with Gasteiger partial charge in [-0.1, -0.05) is 34.8 Å². The second kappa shape index (κ2) is 5.85.